The second-order valence-electron chi connectivity index (χ2n) is 5.36. The SMILES string of the molecule is CCNCC(Cc1ccc(Cl)cc1F)c1cccc(C)c1. The quantitative estimate of drug-likeness (QED) is 0.814. The number of nitrogens with one attached hydrogen (secondary N) is 1. The molecule has 1 unspecified atom stereocenters. The molecule has 0 bridgehead atoms. The molecule has 21 heavy (non-hydrogen) atoms. The number of hydrogen-bond donors (Lipinski definition) is 1. The minimum Gasteiger partial charge on any atom is -0.316 e. The van der Waals surface area contributed by atoms with Gasteiger partial charge in [-0.05, 0) is 43.1 Å². The molecule has 1 N–H and O–H groups in total. The smallest absolute Gasteiger partial charge is 0.127 e. The maximum atomic E-state index is 14.0. The molecule has 0 heterocycles. The van der Waals surface area contributed by atoms with E-state index in [2.05, 4.69) is 43.4 Å². The van der Waals surface area contributed by atoms with Crippen LogP contribution in [0.3, 0.4) is 0 Å². The lowest BCUT2D eigenvalue weighted by molar-refractivity contribution is 0.562. The van der Waals surface area contributed by atoms with Crippen LogP contribution >= 0.6 is 11.6 Å². The molecule has 112 valence electrons. The highest BCUT2D eigenvalue weighted by Gasteiger charge is 2.15. The lowest BCUT2D eigenvalue weighted by atomic mass is 9.90. The normalized spacial score (nSPS) is 12.4. The molecule has 0 aliphatic carbocycles. The van der Waals surface area contributed by atoms with Crippen molar-refractivity contribution < 1.29 is 4.39 Å². The molecule has 0 amide bonds. The third-order valence-corrected chi connectivity index (χ3v) is 3.87. The van der Waals surface area contributed by atoms with Crippen molar-refractivity contribution in [2.75, 3.05) is 13.1 Å². The van der Waals surface area contributed by atoms with Crippen molar-refractivity contribution in [1.29, 1.82) is 0 Å². The van der Waals surface area contributed by atoms with Gasteiger partial charge < -0.3 is 5.32 Å². The summed E-state index contributed by atoms with van der Waals surface area (Å²) in [5.74, 6) is 0.0252. The van der Waals surface area contributed by atoms with E-state index in [-0.39, 0.29) is 11.7 Å². The molecule has 2 rings (SSSR count). The number of benzene rings is 2. The first-order chi connectivity index (χ1) is 10.1. The van der Waals surface area contributed by atoms with E-state index in [1.165, 1.54) is 17.2 Å². The summed E-state index contributed by atoms with van der Waals surface area (Å²) in [5.41, 5.74) is 3.18. The van der Waals surface area contributed by atoms with Crippen molar-refractivity contribution in [2.24, 2.45) is 0 Å². The Morgan fingerprint density at radius 2 is 2.00 bits per heavy atom. The van der Waals surface area contributed by atoms with Crippen LogP contribution in [0.2, 0.25) is 5.02 Å². The molecule has 3 heteroatoms. The average Bonchev–Trinajstić information content (AvgIpc) is 2.45. The van der Waals surface area contributed by atoms with E-state index in [9.17, 15) is 4.39 Å². The zero-order valence-corrected chi connectivity index (χ0v) is 13.3. The van der Waals surface area contributed by atoms with Gasteiger partial charge in [-0.1, -0.05) is 54.4 Å². The average molecular weight is 306 g/mol. The maximum Gasteiger partial charge on any atom is 0.127 e. The van der Waals surface area contributed by atoms with Crippen LogP contribution in [0.5, 0.6) is 0 Å². The number of likely N-dealkylation sites (N-methyl/N-ethyl adjacent to an activating group) is 1. The molecule has 2 aromatic carbocycles. The molecule has 0 radical (unpaired) electrons. The van der Waals surface area contributed by atoms with Crippen LogP contribution in [0.15, 0.2) is 42.5 Å². The van der Waals surface area contributed by atoms with E-state index in [1.807, 2.05) is 0 Å². The Kier molecular flexibility index (Phi) is 5.77. The standard InChI is InChI=1S/C18H21ClFN/c1-3-21-12-16(14-6-4-5-13(2)9-14)10-15-7-8-17(19)11-18(15)20/h4-9,11,16,21H,3,10,12H2,1-2H3. The van der Waals surface area contributed by atoms with Gasteiger partial charge in [0.15, 0.2) is 0 Å². The summed E-state index contributed by atoms with van der Waals surface area (Å²) < 4.78 is 14.0. The summed E-state index contributed by atoms with van der Waals surface area (Å²) >= 11 is 5.82. The highest BCUT2D eigenvalue weighted by atomic mass is 35.5. The molecule has 2 aromatic rings. The fourth-order valence-electron chi connectivity index (χ4n) is 2.50. The van der Waals surface area contributed by atoms with Gasteiger partial charge in [-0.25, -0.2) is 4.39 Å². The summed E-state index contributed by atoms with van der Waals surface area (Å²) in [6.45, 7) is 5.90. The highest BCUT2D eigenvalue weighted by Crippen LogP contribution is 2.24. The zero-order valence-electron chi connectivity index (χ0n) is 12.5. The molecule has 0 saturated carbocycles. The first kappa shape index (κ1) is 16.0. The van der Waals surface area contributed by atoms with Crippen molar-refractivity contribution in [3.05, 3.63) is 70.0 Å². The number of rotatable bonds is 6. The van der Waals surface area contributed by atoms with Crippen molar-refractivity contribution >= 4 is 11.6 Å². The van der Waals surface area contributed by atoms with Gasteiger partial charge >= 0.3 is 0 Å². The summed E-state index contributed by atoms with van der Waals surface area (Å²) in [6, 6.07) is 13.3. The van der Waals surface area contributed by atoms with Crippen molar-refractivity contribution in [2.45, 2.75) is 26.2 Å². The number of hydrogen-bond acceptors (Lipinski definition) is 1. The van der Waals surface area contributed by atoms with Gasteiger partial charge in [-0.15, -0.1) is 0 Å². The second kappa shape index (κ2) is 7.58. The first-order valence-electron chi connectivity index (χ1n) is 7.31. The predicted molar refractivity (Wildman–Crippen MR) is 87.6 cm³/mol. The van der Waals surface area contributed by atoms with E-state index in [1.54, 1.807) is 12.1 Å². The molecular weight excluding hydrogens is 285 g/mol. The Morgan fingerprint density at radius 3 is 2.67 bits per heavy atom. The minimum atomic E-state index is -0.225. The van der Waals surface area contributed by atoms with E-state index in [0.29, 0.717) is 17.0 Å². The van der Waals surface area contributed by atoms with Crippen LogP contribution in [-0.4, -0.2) is 13.1 Å². The van der Waals surface area contributed by atoms with Gasteiger partial charge in [-0.2, -0.15) is 0 Å². The Balaban J connectivity index is 2.23. The van der Waals surface area contributed by atoms with Gasteiger partial charge in [-0.3, -0.25) is 0 Å². The molecule has 0 spiro atoms. The molecule has 0 saturated heterocycles. The highest BCUT2D eigenvalue weighted by molar-refractivity contribution is 6.30. The summed E-state index contributed by atoms with van der Waals surface area (Å²) in [4.78, 5) is 0. The first-order valence-corrected chi connectivity index (χ1v) is 7.69. The van der Waals surface area contributed by atoms with Crippen LogP contribution in [0.25, 0.3) is 0 Å². The van der Waals surface area contributed by atoms with Gasteiger partial charge in [0, 0.05) is 17.5 Å². The van der Waals surface area contributed by atoms with Gasteiger partial charge in [0.2, 0.25) is 0 Å². The zero-order chi connectivity index (χ0) is 15.2. The van der Waals surface area contributed by atoms with E-state index in [4.69, 9.17) is 11.6 Å². The van der Waals surface area contributed by atoms with Crippen LogP contribution < -0.4 is 5.32 Å². The predicted octanol–water partition coefficient (Wildman–Crippen LogP) is 4.72. The minimum absolute atomic E-state index is 0.225. The van der Waals surface area contributed by atoms with E-state index >= 15 is 0 Å². The second-order valence-corrected chi connectivity index (χ2v) is 5.80. The van der Waals surface area contributed by atoms with Gasteiger partial charge in [0.25, 0.3) is 0 Å². The molecule has 1 atom stereocenters. The topological polar surface area (TPSA) is 12.0 Å². The summed E-state index contributed by atoms with van der Waals surface area (Å²) in [6.07, 6.45) is 0.666. The Hall–Kier alpha value is -1.38. The molecule has 0 aliphatic rings. The Morgan fingerprint density at radius 1 is 1.19 bits per heavy atom. The molecule has 0 aromatic heterocycles. The maximum absolute atomic E-state index is 14.0. The summed E-state index contributed by atoms with van der Waals surface area (Å²) in [5, 5.41) is 3.81. The van der Waals surface area contributed by atoms with Crippen LogP contribution in [0.4, 0.5) is 4.39 Å². The van der Waals surface area contributed by atoms with Gasteiger partial charge in [0.05, 0.1) is 0 Å². The Bertz CT molecular complexity index is 598. The monoisotopic (exact) mass is 305 g/mol. The molecule has 0 fully saturated rings. The van der Waals surface area contributed by atoms with E-state index in [0.717, 1.165) is 13.1 Å². The molecular formula is C18H21ClFN. The fourth-order valence-corrected chi connectivity index (χ4v) is 2.66. The van der Waals surface area contributed by atoms with Crippen molar-refractivity contribution in [3.8, 4) is 0 Å². The van der Waals surface area contributed by atoms with Crippen molar-refractivity contribution in [3.63, 3.8) is 0 Å². The number of aryl methyl sites for hydroxylation is 1. The van der Waals surface area contributed by atoms with Crippen LogP contribution in [0, 0.1) is 12.7 Å². The van der Waals surface area contributed by atoms with E-state index < -0.39 is 0 Å². The third kappa shape index (κ3) is 4.55. The fraction of sp³-hybridized carbons (Fsp3) is 0.333. The summed E-state index contributed by atoms with van der Waals surface area (Å²) in [7, 11) is 0. The molecule has 0 aliphatic heterocycles. The Labute approximate surface area is 131 Å². The largest absolute Gasteiger partial charge is 0.316 e. The van der Waals surface area contributed by atoms with Gasteiger partial charge in [0.1, 0.15) is 5.82 Å². The lowest BCUT2D eigenvalue weighted by Crippen LogP contribution is -2.23. The number of halogens is 2. The lowest BCUT2D eigenvalue weighted by Gasteiger charge is -2.19. The van der Waals surface area contributed by atoms with Crippen LogP contribution in [0.1, 0.15) is 29.5 Å². The molecule has 1 nitrogen and oxygen atoms in total. The third-order valence-electron chi connectivity index (χ3n) is 3.64. The van der Waals surface area contributed by atoms with Crippen LogP contribution in [-0.2, 0) is 6.42 Å². The van der Waals surface area contributed by atoms with Crippen molar-refractivity contribution in [1.82, 2.24) is 5.32 Å².